The quantitative estimate of drug-likeness (QED) is 0.558. The standard InChI is InChI=1S/C22H20N4O2/c1-16-9-11-17(12-10-16)14-23-20(27)15-26-13-5-8-19(26)22-25-24-21(28-22)18-6-3-2-4-7-18/h2-13H,14-15H2,1H3,(H,23,27). The Morgan fingerprint density at radius 3 is 2.50 bits per heavy atom. The van der Waals surface area contributed by atoms with E-state index in [1.165, 1.54) is 5.56 Å². The van der Waals surface area contributed by atoms with Gasteiger partial charge in [-0.3, -0.25) is 4.79 Å². The SMILES string of the molecule is Cc1ccc(CNC(=O)Cn2cccc2-c2nnc(-c3ccccc3)o2)cc1. The van der Waals surface area contributed by atoms with Gasteiger partial charge in [-0.05, 0) is 36.8 Å². The maximum Gasteiger partial charge on any atom is 0.264 e. The Labute approximate surface area is 162 Å². The Hall–Kier alpha value is -3.67. The van der Waals surface area contributed by atoms with E-state index < -0.39 is 0 Å². The average molecular weight is 372 g/mol. The number of nitrogens with one attached hydrogen (secondary N) is 1. The number of benzene rings is 2. The molecule has 1 N–H and O–H groups in total. The Bertz CT molecular complexity index is 1070. The van der Waals surface area contributed by atoms with Gasteiger partial charge in [0.1, 0.15) is 12.2 Å². The molecule has 0 radical (unpaired) electrons. The van der Waals surface area contributed by atoms with Crippen molar-refractivity contribution in [2.24, 2.45) is 0 Å². The van der Waals surface area contributed by atoms with E-state index in [0.717, 1.165) is 11.1 Å². The van der Waals surface area contributed by atoms with Crippen LogP contribution in [0.25, 0.3) is 23.0 Å². The minimum atomic E-state index is -0.0826. The minimum Gasteiger partial charge on any atom is -0.415 e. The van der Waals surface area contributed by atoms with Gasteiger partial charge >= 0.3 is 0 Å². The van der Waals surface area contributed by atoms with Crippen LogP contribution in [0.4, 0.5) is 0 Å². The summed E-state index contributed by atoms with van der Waals surface area (Å²) in [4.78, 5) is 12.4. The fourth-order valence-electron chi connectivity index (χ4n) is 2.89. The lowest BCUT2D eigenvalue weighted by Crippen LogP contribution is -2.27. The molecule has 0 bridgehead atoms. The van der Waals surface area contributed by atoms with Crippen LogP contribution in [0.15, 0.2) is 77.3 Å². The lowest BCUT2D eigenvalue weighted by atomic mass is 10.1. The van der Waals surface area contributed by atoms with Gasteiger partial charge in [0.2, 0.25) is 11.8 Å². The summed E-state index contributed by atoms with van der Waals surface area (Å²) in [6.07, 6.45) is 1.83. The zero-order valence-electron chi connectivity index (χ0n) is 15.5. The molecular formula is C22H20N4O2. The lowest BCUT2D eigenvalue weighted by molar-refractivity contribution is -0.121. The summed E-state index contributed by atoms with van der Waals surface area (Å²) >= 11 is 0. The number of nitrogens with zero attached hydrogens (tertiary/aromatic N) is 3. The molecule has 0 unspecified atom stereocenters. The molecule has 0 fully saturated rings. The topological polar surface area (TPSA) is 73.0 Å². The molecule has 4 rings (SSSR count). The normalized spacial score (nSPS) is 10.8. The van der Waals surface area contributed by atoms with Crippen molar-refractivity contribution < 1.29 is 9.21 Å². The number of carbonyl (C=O) groups is 1. The first-order valence-electron chi connectivity index (χ1n) is 9.06. The summed E-state index contributed by atoms with van der Waals surface area (Å²) in [6.45, 7) is 2.71. The first-order chi connectivity index (χ1) is 13.7. The van der Waals surface area contributed by atoms with Gasteiger partial charge in [-0.25, -0.2) is 0 Å². The van der Waals surface area contributed by atoms with E-state index in [1.54, 1.807) is 4.57 Å². The second kappa shape index (κ2) is 7.92. The van der Waals surface area contributed by atoms with Gasteiger partial charge in [0.25, 0.3) is 5.89 Å². The Morgan fingerprint density at radius 1 is 0.964 bits per heavy atom. The molecule has 0 atom stereocenters. The van der Waals surface area contributed by atoms with Crippen molar-refractivity contribution in [2.45, 2.75) is 20.0 Å². The highest BCUT2D eigenvalue weighted by atomic mass is 16.4. The highest BCUT2D eigenvalue weighted by molar-refractivity contribution is 5.76. The second-order valence-corrected chi connectivity index (χ2v) is 6.56. The fraction of sp³-hybridized carbons (Fsp3) is 0.136. The fourth-order valence-corrected chi connectivity index (χ4v) is 2.89. The molecule has 2 aromatic heterocycles. The van der Waals surface area contributed by atoms with Crippen LogP contribution in [0, 0.1) is 6.92 Å². The smallest absolute Gasteiger partial charge is 0.264 e. The molecule has 2 heterocycles. The van der Waals surface area contributed by atoms with E-state index in [9.17, 15) is 4.79 Å². The van der Waals surface area contributed by atoms with E-state index in [0.29, 0.717) is 24.0 Å². The van der Waals surface area contributed by atoms with Gasteiger partial charge in [-0.1, -0.05) is 48.0 Å². The van der Waals surface area contributed by atoms with Crippen molar-refractivity contribution in [2.75, 3.05) is 0 Å². The first-order valence-corrected chi connectivity index (χ1v) is 9.06. The summed E-state index contributed by atoms with van der Waals surface area (Å²) in [5.41, 5.74) is 3.83. The first kappa shape index (κ1) is 17.7. The predicted octanol–water partition coefficient (Wildman–Crippen LogP) is 3.83. The van der Waals surface area contributed by atoms with Crippen molar-refractivity contribution >= 4 is 5.91 Å². The summed E-state index contributed by atoms with van der Waals surface area (Å²) in [6, 6.07) is 21.4. The van der Waals surface area contributed by atoms with E-state index in [1.807, 2.05) is 79.9 Å². The van der Waals surface area contributed by atoms with Gasteiger partial charge < -0.3 is 14.3 Å². The number of rotatable bonds is 6. The molecule has 28 heavy (non-hydrogen) atoms. The molecular weight excluding hydrogens is 352 g/mol. The Balaban J connectivity index is 1.43. The summed E-state index contributed by atoms with van der Waals surface area (Å²) in [5.74, 6) is 0.753. The number of carbonyl (C=O) groups excluding carboxylic acids is 1. The van der Waals surface area contributed by atoms with E-state index in [4.69, 9.17) is 4.42 Å². The van der Waals surface area contributed by atoms with E-state index in [2.05, 4.69) is 15.5 Å². The molecule has 140 valence electrons. The zero-order valence-corrected chi connectivity index (χ0v) is 15.5. The highest BCUT2D eigenvalue weighted by Crippen LogP contribution is 2.24. The van der Waals surface area contributed by atoms with Crippen molar-refractivity contribution in [3.63, 3.8) is 0 Å². The molecule has 6 heteroatoms. The number of aromatic nitrogens is 3. The van der Waals surface area contributed by atoms with Crippen molar-refractivity contribution in [1.29, 1.82) is 0 Å². The van der Waals surface area contributed by atoms with Crippen LogP contribution in [-0.4, -0.2) is 20.7 Å². The van der Waals surface area contributed by atoms with Crippen LogP contribution in [0.3, 0.4) is 0 Å². The molecule has 0 spiro atoms. The monoisotopic (exact) mass is 372 g/mol. The molecule has 0 saturated heterocycles. The molecule has 1 amide bonds. The molecule has 6 nitrogen and oxygen atoms in total. The van der Waals surface area contributed by atoms with Crippen LogP contribution in [0.1, 0.15) is 11.1 Å². The van der Waals surface area contributed by atoms with E-state index >= 15 is 0 Å². The van der Waals surface area contributed by atoms with Gasteiger partial charge in [0, 0.05) is 18.3 Å². The summed E-state index contributed by atoms with van der Waals surface area (Å²) in [5, 5.41) is 11.2. The number of hydrogen-bond donors (Lipinski definition) is 1. The third-order valence-electron chi connectivity index (χ3n) is 4.42. The van der Waals surface area contributed by atoms with Crippen LogP contribution < -0.4 is 5.32 Å². The van der Waals surface area contributed by atoms with Gasteiger partial charge in [-0.15, -0.1) is 10.2 Å². The van der Waals surface area contributed by atoms with Crippen molar-refractivity contribution in [3.8, 4) is 23.0 Å². The molecule has 0 aliphatic rings. The molecule has 0 aliphatic heterocycles. The highest BCUT2D eigenvalue weighted by Gasteiger charge is 2.15. The van der Waals surface area contributed by atoms with Crippen LogP contribution >= 0.6 is 0 Å². The third-order valence-corrected chi connectivity index (χ3v) is 4.42. The van der Waals surface area contributed by atoms with Crippen LogP contribution in [0.2, 0.25) is 0 Å². The summed E-state index contributed by atoms with van der Waals surface area (Å²) < 4.78 is 7.60. The summed E-state index contributed by atoms with van der Waals surface area (Å²) in [7, 11) is 0. The maximum atomic E-state index is 12.4. The molecule has 0 saturated carbocycles. The third kappa shape index (κ3) is 4.01. The lowest BCUT2D eigenvalue weighted by Gasteiger charge is -2.08. The number of aryl methyl sites for hydroxylation is 1. The van der Waals surface area contributed by atoms with Crippen LogP contribution in [0.5, 0.6) is 0 Å². The average Bonchev–Trinajstić information content (AvgIpc) is 3.37. The largest absolute Gasteiger partial charge is 0.415 e. The second-order valence-electron chi connectivity index (χ2n) is 6.56. The van der Waals surface area contributed by atoms with Crippen molar-refractivity contribution in [1.82, 2.24) is 20.1 Å². The Kier molecular flexibility index (Phi) is 5.01. The zero-order chi connectivity index (χ0) is 19.3. The molecule has 2 aromatic carbocycles. The predicted molar refractivity (Wildman–Crippen MR) is 106 cm³/mol. The number of amides is 1. The van der Waals surface area contributed by atoms with Gasteiger partial charge in [0.15, 0.2) is 0 Å². The molecule has 4 aromatic rings. The van der Waals surface area contributed by atoms with Crippen molar-refractivity contribution in [3.05, 3.63) is 84.1 Å². The van der Waals surface area contributed by atoms with Gasteiger partial charge in [0.05, 0.1) is 0 Å². The maximum absolute atomic E-state index is 12.4. The minimum absolute atomic E-state index is 0.0826. The van der Waals surface area contributed by atoms with Crippen LogP contribution in [-0.2, 0) is 17.9 Å². The van der Waals surface area contributed by atoms with Gasteiger partial charge in [-0.2, -0.15) is 0 Å². The number of hydrogen-bond acceptors (Lipinski definition) is 4. The van der Waals surface area contributed by atoms with E-state index in [-0.39, 0.29) is 12.5 Å². The Morgan fingerprint density at radius 2 is 1.71 bits per heavy atom. The molecule has 0 aliphatic carbocycles.